The van der Waals surface area contributed by atoms with E-state index in [9.17, 15) is 26.3 Å². The molecule has 6 rings (SSSR count). The number of H-pyrrole nitrogens is 1. The Kier molecular flexibility index (Phi) is 14.0. The Bertz CT molecular complexity index is 1950. The molecule has 51 heavy (non-hydrogen) atoms. The maximum atomic E-state index is 12.9. The molecule has 3 N–H and O–H groups in total. The third-order valence-corrected chi connectivity index (χ3v) is 7.55. The Morgan fingerprint density at radius 3 is 1.69 bits per heavy atom. The minimum absolute atomic E-state index is 0.0469. The predicted octanol–water partition coefficient (Wildman–Crippen LogP) is 8.00. The highest BCUT2D eigenvalue weighted by molar-refractivity contribution is 9.09. The van der Waals surface area contributed by atoms with E-state index in [1.165, 1.54) is 35.5 Å². The van der Waals surface area contributed by atoms with Gasteiger partial charge in [-0.15, -0.1) is 0 Å². The van der Waals surface area contributed by atoms with Crippen molar-refractivity contribution in [2.45, 2.75) is 31.7 Å². The number of alkyl halides is 7. The fourth-order valence-electron chi connectivity index (χ4n) is 4.92. The highest BCUT2D eigenvalue weighted by Crippen LogP contribution is 2.32. The molecule has 2 heterocycles. The zero-order chi connectivity index (χ0) is 36.9. The minimum atomic E-state index is -4.36. The summed E-state index contributed by atoms with van der Waals surface area (Å²) >= 11 is 3.00. The molecule has 0 unspecified atom stereocenters. The van der Waals surface area contributed by atoms with Gasteiger partial charge in [0.25, 0.3) is 0 Å². The number of aliphatic hydroxyl groups excluding tert-OH is 2. The Morgan fingerprint density at radius 2 is 1.20 bits per heavy atom. The number of hydrogen-bond donors (Lipinski definition) is 3. The Balaban J connectivity index is 0.000000208. The van der Waals surface area contributed by atoms with Crippen LogP contribution in [0.2, 0.25) is 0 Å². The molecular weight excluding hydrogens is 742 g/mol. The molecule has 0 spiro atoms. The van der Waals surface area contributed by atoms with E-state index in [0.29, 0.717) is 47.5 Å². The van der Waals surface area contributed by atoms with Crippen molar-refractivity contribution in [2.75, 3.05) is 18.5 Å². The zero-order valence-electron chi connectivity index (χ0n) is 26.9. The molecule has 0 saturated heterocycles. The molecule has 268 valence electrons. The van der Waals surface area contributed by atoms with Crippen LogP contribution < -0.4 is 0 Å². The molecule has 2 aromatic heterocycles. The van der Waals surface area contributed by atoms with Gasteiger partial charge in [0, 0.05) is 16.5 Å². The highest BCUT2D eigenvalue weighted by atomic mass is 79.9. The second-order valence-electron chi connectivity index (χ2n) is 10.9. The first-order chi connectivity index (χ1) is 24.4. The summed E-state index contributed by atoms with van der Waals surface area (Å²) in [5.74, 6) is 1.08. The molecule has 8 nitrogen and oxygen atoms in total. The van der Waals surface area contributed by atoms with Crippen LogP contribution in [-0.4, -0.2) is 58.7 Å². The number of aromatic amines is 1. The largest absolute Gasteiger partial charge is 0.416 e. The zero-order valence-corrected chi connectivity index (χ0v) is 28.5. The number of hydrogen-bond acceptors (Lipinski definition) is 6. The maximum absolute atomic E-state index is 12.9. The number of nitrogens with zero attached hydrogens (tertiary/aromatic N) is 5. The standard InChI is InChI=1S/C18H16F3N3O.C16H12F3N3.C2H5BrO/c19-18(20,21)15-6-3-4-13(11-15)10-14-5-1-2-7-16(14)17-22-12-24(23-17)8-9-25;17-16(18,19)13-6-3-4-11(9-13)8-12-5-1-2-7-14(12)15-20-10-21-22-15;3-1-2-4/h1-7,11-12,25H,8-10H2;1-7,9-10H,8H2,(H,20,21,22);4H,1-2H2. The van der Waals surface area contributed by atoms with Gasteiger partial charge in [-0.3, -0.25) is 9.78 Å². The fraction of sp³-hybridized carbons (Fsp3) is 0.222. The molecule has 0 saturated carbocycles. The van der Waals surface area contributed by atoms with Crippen molar-refractivity contribution in [3.05, 3.63) is 143 Å². The average Bonchev–Trinajstić information content (AvgIpc) is 3.82. The Labute approximate surface area is 298 Å². The van der Waals surface area contributed by atoms with Crippen LogP contribution in [0.5, 0.6) is 0 Å². The van der Waals surface area contributed by atoms with Crippen LogP contribution in [0.1, 0.15) is 33.4 Å². The first kappa shape index (κ1) is 38.9. The molecule has 0 atom stereocenters. The number of benzene rings is 4. The molecule has 0 aliphatic carbocycles. The van der Waals surface area contributed by atoms with Gasteiger partial charge in [-0.2, -0.15) is 36.5 Å². The summed E-state index contributed by atoms with van der Waals surface area (Å²) in [5, 5.41) is 28.4. The quantitative estimate of drug-likeness (QED) is 0.101. The van der Waals surface area contributed by atoms with Crippen LogP contribution in [0, 0.1) is 0 Å². The second kappa shape index (κ2) is 18.4. The van der Waals surface area contributed by atoms with Gasteiger partial charge in [-0.05, 0) is 47.2 Å². The van der Waals surface area contributed by atoms with Gasteiger partial charge in [0.1, 0.15) is 12.7 Å². The first-order valence-corrected chi connectivity index (χ1v) is 16.6. The average molecular weight is 776 g/mol. The minimum Gasteiger partial charge on any atom is -0.396 e. The summed E-state index contributed by atoms with van der Waals surface area (Å²) in [6, 6.07) is 25.5. The van der Waals surface area contributed by atoms with Crippen molar-refractivity contribution in [1.29, 1.82) is 0 Å². The SMILES string of the molecule is FC(F)(F)c1cccc(Cc2ccccc2-c2ncn[nH]2)c1.OCCBr.OCCn1cnc(-c2ccccc2Cc2cccc(C(F)(F)F)c2)n1. The van der Waals surface area contributed by atoms with E-state index in [-0.39, 0.29) is 13.2 Å². The number of rotatable bonds is 9. The molecule has 4 aromatic carbocycles. The lowest BCUT2D eigenvalue weighted by molar-refractivity contribution is -0.138. The van der Waals surface area contributed by atoms with Crippen LogP contribution in [0.4, 0.5) is 26.3 Å². The van der Waals surface area contributed by atoms with E-state index >= 15 is 0 Å². The van der Waals surface area contributed by atoms with E-state index < -0.39 is 23.5 Å². The van der Waals surface area contributed by atoms with Gasteiger partial charge in [0.15, 0.2) is 11.6 Å². The summed E-state index contributed by atoms with van der Waals surface area (Å²) in [4.78, 5) is 8.32. The van der Waals surface area contributed by atoms with Crippen LogP contribution in [0.3, 0.4) is 0 Å². The van der Waals surface area contributed by atoms with Gasteiger partial charge < -0.3 is 10.2 Å². The molecule has 0 radical (unpaired) electrons. The van der Waals surface area contributed by atoms with Crippen molar-refractivity contribution in [3.8, 4) is 22.8 Å². The summed E-state index contributed by atoms with van der Waals surface area (Å²) in [7, 11) is 0. The third kappa shape index (κ3) is 11.6. The first-order valence-electron chi connectivity index (χ1n) is 15.4. The Morgan fingerprint density at radius 1 is 0.667 bits per heavy atom. The smallest absolute Gasteiger partial charge is 0.396 e. The molecule has 0 amide bonds. The molecule has 15 heteroatoms. The fourth-order valence-corrected chi connectivity index (χ4v) is 4.92. The van der Waals surface area contributed by atoms with Gasteiger partial charge in [0.2, 0.25) is 0 Å². The molecule has 0 fully saturated rings. The van der Waals surface area contributed by atoms with Crippen molar-refractivity contribution in [1.82, 2.24) is 29.9 Å². The Hall–Kier alpha value is -4.86. The van der Waals surface area contributed by atoms with Crippen molar-refractivity contribution >= 4 is 15.9 Å². The third-order valence-electron chi connectivity index (χ3n) is 7.19. The lowest BCUT2D eigenvalue weighted by Crippen LogP contribution is -2.05. The number of halogens is 7. The number of nitrogens with one attached hydrogen (secondary N) is 1. The maximum Gasteiger partial charge on any atom is 0.416 e. The lowest BCUT2D eigenvalue weighted by atomic mass is 9.98. The van der Waals surface area contributed by atoms with E-state index in [2.05, 4.69) is 41.2 Å². The summed E-state index contributed by atoms with van der Waals surface area (Å²) in [6.07, 6.45) is -5.04. The second-order valence-corrected chi connectivity index (χ2v) is 11.7. The van der Waals surface area contributed by atoms with Gasteiger partial charge in [0.05, 0.1) is 30.9 Å². The van der Waals surface area contributed by atoms with Crippen LogP contribution in [0.25, 0.3) is 22.8 Å². The number of aliphatic hydroxyl groups is 2. The monoisotopic (exact) mass is 774 g/mol. The van der Waals surface area contributed by atoms with E-state index in [1.54, 1.807) is 12.1 Å². The van der Waals surface area contributed by atoms with Crippen molar-refractivity contribution in [3.63, 3.8) is 0 Å². The van der Waals surface area contributed by atoms with Crippen molar-refractivity contribution in [2.24, 2.45) is 0 Å². The molecule has 6 aromatic rings. The van der Waals surface area contributed by atoms with E-state index in [1.807, 2.05) is 48.5 Å². The highest BCUT2D eigenvalue weighted by Gasteiger charge is 2.31. The normalized spacial score (nSPS) is 11.3. The summed E-state index contributed by atoms with van der Waals surface area (Å²) < 4.78 is 78.5. The van der Waals surface area contributed by atoms with Crippen LogP contribution in [0.15, 0.2) is 110 Å². The van der Waals surface area contributed by atoms with Gasteiger partial charge in [-0.1, -0.05) is 101 Å². The molecule has 0 aliphatic heterocycles. The summed E-state index contributed by atoms with van der Waals surface area (Å²) in [5.41, 5.74) is 3.19. The number of aromatic nitrogens is 6. The molecule has 0 aliphatic rings. The topological polar surface area (TPSA) is 113 Å². The van der Waals surface area contributed by atoms with Crippen molar-refractivity contribution < 1.29 is 36.6 Å². The predicted molar refractivity (Wildman–Crippen MR) is 184 cm³/mol. The van der Waals surface area contributed by atoms with Gasteiger partial charge in [-0.25, -0.2) is 9.97 Å². The molecule has 0 bridgehead atoms. The van der Waals surface area contributed by atoms with E-state index in [4.69, 9.17) is 10.2 Å². The lowest BCUT2D eigenvalue weighted by Gasteiger charge is -2.10. The van der Waals surface area contributed by atoms with E-state index in [0.717, 1.165) is 40.5 Å². The van der Waals surface area contributed by atoms with Gasteiger partial charge >= 0.3 is 12.4 Å². The molecular formula is C36H33BrF6N6O2. The summed E-state index contributed by atoms with van der Waals surface area (Å²) in [6.45, 7) is 0.525. The van der Waals surface area contributed by atoms with Crippen LogP contribution in [-0.2, 0) is 31.7 Å². The van der Waals surface area contributed by atoms with Crippen LogP contribution >= 0.6 is 15.9 Å².